The number of piperidine rings is 1. The molecule has 0 bridgehead atoms. The van der Waals surface area contributed by atoms with E-state index in [1.54, 1.807) is 23.0 Å². The summed E-state index contributed by atoms with van der Waals surface area (Å²) in [6, 6.07) is 11.5. The summed E-state index contributed by atoms with van der Waals surface area (Å²) in [6.07, 6.45) is 2.53. The van der Waals surface area contributed by atoms with Crippen LogP contribution in [0.3, 0.4) is 0 Å². The summed E-state index contributed by atoms with van der Waals surface area (Å²) in [5.74, 6) is -0.825. The van der Waals surface area contributed by atoms with Crippen LogP contribution in [0.5, 0.6) is 0 Å². The second-order valence-electron chi connectivity index (χ2n) is 11.3. The van der Waals surface area contributed by atoms with Gasteiger partial charge in [-0.25, -0.2) is 19.0 Å². The molecule has 0 radical (unpaired) electrons. The number of rotatable bonds is 5. The topological polar surface area (TPSA) is 120 Å². The fraction of sp³-hybridized carbons (Fsp3) is 0.323. The maximum atomic E-state index is 14.8. The van der Waals surface area contributed by atoms with E-state index in [0.29, 0.717) is 54.1 Å². The average molecular weight is 570 g/mol. The molecule has 2 amide bonds. The Bertz CT molecular complexity index is 1730. The van der Waals surface area contributed by atoms with Crippen LogP contribution >= 0.6 is 0 Å². The van der Waals surface area contributed by atoms with Crippen LogP contribution in [0.25, 0.3) is 38.1 Å². The van der Waals surface area contributed by atoms with E-state index < -0.39 is 23.4 Å². The summed E-state index contributed by atoms with van der Waals surface area (Å²) in [5, 5.41) is 8.09. The second-order valence-corrected chi connectivity index (χ2v) is 11.3. The van der Waals surface area contributed by atoms with Crippen molar-refractivity contribution in [1.29, 1.82) is 0 Å². The molecule has 1 saturated heterocycles. The molecule has 3 heterocycles. The molecule has 3 N–H and O–H groups in total. The molecule has 0 atom stereocenters. The van der Waals surface area contributed by atoms with E-state index in [0.717, 1.165) is 10.9 Å². The zero-order valence-corrected chi connectivity index (χ0v) is 23.9. The molecule has 5 rings (SSSR count). The highest BCUT2D eigenvalue weighted by atomic mass is 19.1. The third-order valence-corrected chi connectivity index (χ3v) is 7.19. The highest BCUT2D eigenvalue weighted by Gasteiger charge is 2.27. The summed E-state index contributed by atoms with van der Waals surface area (Å²) < 4.78 is 22.0. The Labute approximate surface area is 243 Å². The number of fused-ring (bicyclic) bond motifs is 1. The number of nitrogens with zero attached hydrogens (tertiary/aromatic N) is 5. The predicted octanol–water partition coefficient (Wildman–Crippen LogP) is 5.58. The molecule has 10 nitrogen and oxygen atoms in total. The van der Waals surface area contributed by atoms with Gasteiger partial charge in [0.1, 0.15) is 17.2 Å². The molecule has 0 aliphatic carbocycles. The van der Waals surface area contributed by atoms with E-state index in [1.807, 2.05) is 50.9 Å². The summed E-state index contributed by atoms with van der Waals surface area (Å²) in [6.45, 7) is 13.8. The molecule has 2 aromatic carbocycles. The molecule has 1 aliphatic rings. The van der Waals surface area contributed by atoms with Gasteiger partial charge in [0.25, 0.3) is 0 Å². The maximum absolute atomic E-state index is 14.8. The number of hydrogen-bond donors (Lipinski definition) is 2. The number of amides is 2. The lowest BCUT2D eigenvalue weighted by atomic mass is 9.93. The molecule has 0 unspecified atom stereocenters. The monoisotopic (exact) mass is 569 g/mol. The number of aryl methyl sites for hydroxylation is 1. The van der Waals surface area contributed by atoms with E-state index in [-0.39, 0.29) is 17.3 Å². The lowest BCUT2D eigenvalue weighted by molar-refractivity contribution is 0.0497. The highest BCUT2D eigenvalue weighted by molar-refractivity contribution is 6.05. The van der Waals surface area contributed by atoms with Crippen LogP contribution in [0.4, 0.5) is 20.7 Å². The third kappa shape index (κ3) is 5.88. The number of nitrogens with one attached hydrogen (secondary N) is 1. The lowest BCUT2D eigenvalue weighted by Crippen LogP contribution is -2.46. The van der Waals surface area contributed by atoms with Crippen molar-refractivity contribution in [3.8, 4) is 22.4 Å². The van der Waals surface area contributed by atoms with E-state index in [9.17, 15) is 14.0 Å². The minimum Gasteiger partial charge on any atom is -0.444 e. The Morgan fingerprint density at radius 1 is 1.12 bits per heavy atom. The molecular formula is C31H32FN7O3. The van der Waals surface area contributed by atoms with Gasteiger partial charge in [0.2, 0.25) is 11.6 Å². The van der Waals surface area contributed by atoms with Crippen LogP contribution in [0.2, 0.25) is 0 Å². The van der Waals surface area contributed by atoms with Crippen molar-refractivity contribution in [2.24, 2.45) is 12.8 Å². The fourth-order valence-electron chi connectivity index (χ4n) is 5.18. The molecule has 0 spiro atoms. The second kappa shape index (κ2) is 11.1. The molecule has 0 saturated carbocycles. The highest BCUT2D eigenvalue weighted by Crippen LogP contribution is 2.39. The fourth-order valence-corrected chi connectivity index (χ4v) is 5.18. The molecule has 4 aromatic rings. The smallest absolute Gasteiger partial charge is 0.407 e. The van der Waals surface area contributed by atoms with Gasteiger partial charge < -0.3 is 20.7 Å². The molecule has 42 heavy (non-hydrogen) atoms. The predicted molar refractivity (Wildman–Crippen MR) is 159 cm³/mol. The van der Waals surface area contributed by atoms with Crippen LogP contribution in [0.15, 0.2) is 48.7 Å². The Kier molecular flexibility index (Phi) is 7.56. The van der Waals surface area contributed by atoms with Crippen molar-refractivity contribution in [3.63, 3.8) is 0 Å². The van der Waals surface area contributed by atoms with Crippen LogP contribution < -0.4 is 16.0 Å². The van der Waals surface area contributed by atoms with Crippen molar-refractivity contribution in [2.75, 3.05) is 18.0 Å². The quantitative estimate of drug-likeness (QED) is 0.303. The number of pyridine rings is 1. The number of nitrogens with two attached hydrogens (primary N) is 1. The average Bonchev–Trinajstić information content (AvgIpc) is 3.31. The lowest BCUT2D eigenvalue weighted by Gasteiger charge is -2.34. The first-order valence-electron chi connectivity index (χ1n) is 13.6. The van der Waals surface area contributed by atoms with Crippen molar-refractivity contribution in [1.82, 2.24) is 20.1 Å². The van der Waals surface area contributed by atoms with E-state index in [2.05, 4.69) is 15.3 Å². The summed E-state index contributed by atoms with van der Waals surface area (Å²) in [4.78, 5) is 35.4. The van der Waals surface area contributed by atoms with Crippen molar-refractivity contribution < 1.29 is 18.7 Å². The van der Waals surface area contributed by atoms with Crippen LogP contribution in [-0.4, -0.2) is 51.5 Å². The van der Waals surface area contributed by atoms with E-state index in [1.165, 1.54) is 12.1 Å². The first-order valence-corrected chi connectivity index (χ1v) is 13.6. The normalized spacial score (nSPS) is 14.0. The SMILES string of the molecule is [C-]#[N+]c1ccc(-c2nc(N3CCC(NC(=O)OC(C)(C)C)CC3)cc(C(N)=O)c2-c2ccc3c(cnn3C)c2)cc1F. The minimum atomic E-state index is -0.682. The van der Waals surface area contributed by atoms with Gasteiger partial charge in [0.05, 0.1) is 29.5 Å². The summed E-state index contributed by atoms with van der Waals surface area (Å²) in [5.41, 5.74) is 8.30. The number of aromatic nitrogens is 3. The van der Waals surface area contributed by atoms with Gasteiger partial charge in [-0.2, -0.15) is 5.10 Å². The van der Waals surface area contributed by atoms with E-state index >= 15 is 0 Å². The molecule has 11 heteroatoms. The van der Waals surface area contributed by atoms with Crippen LogP contribution in [0.1, 0.15) is 44.0 Å². The van der Waals surface area contributed by atoms with Gasteiger partial charge in [0, 0.05) is 42.7 Å². The molecule has 1 aliphatic heterocycles. The van der Waals surface area contributed by atoms with Crippen LogP contribution in [-0.2, 0) is 11.8 Å². The van der Waals surface area contributed by atoms with Gasteiger partial charge in [0.15, 0.2) is 0 Å². The number of alkyl carbamates (subject to hydrolysis) is 1. The van der Waals surface area contributed by atoms with Gasteiger partial charge in [-0.15, -0.1) is 0 Å². The Balaban J connectivity index is 1.56. The molecule has 2 aromatic heterocycles. The van der Waals surface area contributed by atoms with Crippen LogP contribution in [0, 0.1) is 12.4 Å². The zero-order valence-electron chi connectivity index (χ0n) is 23.9. The zero-order chi connectivity index (χ0) is 30.2. The third-order valence-electron chi connectivity index (χ3n) is 7.19. The number of primary amides is 1. The van der Waals surface area contributed by atoms with Gasteiger partial charge in [-0.1, -0.05) is 18.2 Å². The first kappa shape index (κ1) is 28.5. The minimum absolute atomic E-state index is 0.0769. The number of benzene rings is 2. The van der Waals surface area contributed by atoms with Gasteiger partial charge in [-0.3, -0.25) is 9.48 Å². The summed E-state index contributed by atoms with van der Waals surface area (Å²) >= 11 is 0. The van der Waals surface area contributed by atoms with Gasteiger partial charge >= 0.3 is 6.09 Å². The standard InChI is InChI=1S/C31H32FN7O3/c1-31(2,3)42-30(41)36-21-10-12-39(13-11-21)26-16-22(29(33)40)27(18-7-9-25-20(14-18)17-35-38(25)5)28(37-26)19-6-8-24(34-4)23(32)15-19/h6-9,14-17,21H,10-13H2,1-3,5H3,(H2,33,40)(H,36,41). The molecule has 1 fully saturated rings. The number of ether oxygens (including phenoxy) is 1. The summed E-state index contributed by atoms with van der Waals surface area (Å²) in [7, 11) is 1.84. The number of hydrogen-bond acceptors (Lipinski definition) is 6. The van der Waals surface area contributed by atoms with E-state index in [4.69, 9.17) is 22.0 Å². The van der Waals surface area contributed by atoms with Crippen molar-refractivity contribution in [2.45, 2.75) is 45.3 Å². The number of carbonyl (C=O) groups excluding carboxylic acids is 2. The Morgan fingerprint density at radius 2 is 1.83 bits per heavy atom. The number of carbonyl (C=O) groups is 2. The molecular weight excluding hydrogens is 537 g/mol. The first-order chi connectivity index (χ1) is 19.9. The maximum Gasteiger partial charge on any atom is 0.407 e. The Morgan fingerprint density at radius 3 is 2.48 bits per heavy atom. The molecule has 216 valence electrons. The number of halogens is 1. The Hall–Kier alpha value is -4.98. The largest absolute Gasteiger partial charge is 0.444 e. The van der Waals surface area contributed by atoms with Crippen molar-refractivity contribution in [3.05, 3.63) is 71.5 Å². The number of anilines is 1. The van der Waals surface area contributed by atoms with Gasteiger partial charge in [-0.05, 0) is 63.4 Å². The van der Waals surface area contributed by atoms with Crippen molar-refractivity contribution >= 4 is 34.4 Å².